The predicted octanol–water partition coefficient (Wildman–Crippen LogP) is 5.37. The average molecular weight is 332 g/mol. The molecule has 0 heterocycles. The number of hydrogen-bond acceptors (Lipinski definition) is 4. The lowest BCUT2D eigenvalue weighted by Gasteiger charge is -2.18. The van der Waals surface area contributed by atoms with Crippen LogP contribution in [0.15, 0.2) is 0 Å². The molecule has 0 saturated carbocycles. The maximum atomic E-state index is 12.1. The van der Waals surface area contributed by atoms with Gasteiger partial charge in [0, 0.05) is 7.12 Å². The van der Waals surface area contributed by atoms with E-state index < -0.39 is 11.4 Å². The highest BCUT2D eigenvalue weighted by Crippen LogP contribution is 2.26. The predicted molar refractivity (Wildman–Crippen MR) is 95.1 cm³/mol. The molecule has 0 radical (unpaired) electrons. The number of hydrogen-bond donors (Lipinski definition) is 0. The Morgan fingerprint density at radius 3 is 1.95 bits per heavy atom. The molecule has 0 aliphatic heterocycles. The Morgan fingerprint density at radius 2 is 1.50 bits per heavy atom. The number of carbonyl (C=O) groups excluding carboxylic acids is 2. The van der Waals surface area contributed by atoms with Crippen molar-refractivity contribution in [1.82, 2.24) is 0 Å². The van der Waals surface area contributed by atoms with Gasteiger partial charge in [0.2, 0.25) is 5.12 Å². The molecule has 0 spiro atoms. The van der Waals surface area contributed by atoms with Crippen molar-refractivity contribution in [2.24, 2.45) is 5.41 Å². The highest BCUT2D eigenvalue weighted by molar-refractivity contribution is 8.13. The highest BCUT2D eigenvalue weighted by Gasteiger charge is 2.36. The van der Waals surface area contributed by atoms with Gasteiger partial charge in [-0.05, 0) is 20.2 Å². The number of esters is 1. The normalized spacial score (nSPS) is 14.2. The van der Waals surface area contributed by atoms with E-state index in [1.54, 1.807) is 0 Å². The molecular weight excluding hydrogens is 296 g/mol. The molecule has 0 amide bonds. The summed E-state index contributed by atoms with van der Waals surface area (Å²) >= 11 is 1.17. The van der Waals surface area contributed by atoms with Crippen molar-refractivity contribution in [3.63, 3.8) is 0 Å². The van der Waals surface area contributed by atoms with Gasteiger partial charge in [-0.2, -0.15) is 0 Å². The molecule has 1 atom stereocenters. The minimum absolute atomic E-state index is 0.240. The topological polar surface area (TPSA) is 43.4 Å². The van der Waals surface area contributed by atoms with Gasteiger partial charge in [0.25, 0.3) is 0 Å². The Labute approximate surface area is 142 Å². The standard InChI is InChI=1S/C18H34O3S/c1-5-6-7-8-9-10-11-12-13-14-15-22-17(20)18(2,3)16(19)21-4/h5-15H2,1-4H3/i2D. The molecule has 4 heteroatoms. The summed E-state index contributed by atoms with van der Waals surface area (Å²) in [5, 5.41) is -0.240. The van der Waals surface area contributed by atoms with E-state index in [-0.39, 0.29) is 12.0 Å². The van der Waals surface area contributed by atoms with E-state index in [2.05, 4.69) is 11.7 Å². The van der Waals surface area contributed by atoms with E-state index in [0.717, 1.165) is 18.6 Å². The van der Waals surface area contributed by atoms with Crippen molar-refractivity contribution in [3.05, 3.63) is 0 Å². The van der Waals surface area contributed by atoms with E-state index in [9.17, 15) is 9.59 Å². The van der Waals surface area contributed by atoms with Crippen molar-refractivity contribution in [2.45, 2.75) is 85.0 Å². The van der Waals surface area contributed by atoms with Gasteiger partial charge in [0.15, 0.2) is 0 Å². The van der Waals surface area contributed by atoms with E-state index in [4.69, 9.17) is 1.37 Å². The molecule has 1 unspecified atom stereocenters. The maximum Gasteiger partial charge on any atom is 0.319 e. The van der Waals surface area contributed by atoms with Crippen LogP contribution in [0.3, 0.4) is 0 Å². The van der Waals surface area contributed by atoms with Crippen LogP contribution in [0.2, 0.25) is 0 Å². The highest BCUT2D eigenvalue weighted by atomic mass is 32.2. The van der Waals surface area contributed by atoms with Crippen LogP contribution < -0.4 is 0 Å². The van der Waals surface area contributed by atoms with Crippen LogP contribution in [0.1, 0.15) is 86.3 Å². The van der Waals surface area contributed by atoms with Gasteiger partial charge in [-0.15, -0.1) is 0 Å². The summed E-state index contributed by atoms with van der Waals surface area (Å²) in [7, 11) is 1.26. The van der Waals surface area contributed by atoms with E-state index >= 15 is 0 Å². The minimum Gasteiger partial charge on any atom is -0.468 e. The summed E-state index contributed by atoms with van der Waals surface area (Å²) in [5.41, 5.74) is -1.32. The van der Waals surface area contributed by atoms with Crippen molar-refractivity contribution < 1.29 is 15.7 Å². The molecule has 0 aromatic rings. The number of thioether (sulfide) groups is 1. The van der Waals surface area contributed by atoms with Gasteiger partial charge >= 0.3 is 5.97 Å². The van der Waals surface area contributed by atoms with Gasteiger partial charge in [0.1, 0.15) is 5.41 Å². The van der Waals surface area contributed by atoms with E-state index in [1.165, 1.54) is 77.2 Å². The molecule has 0 bridgehead atoms. The van der Waals surface area contributed by atoms with Crippen LogP contribution in [0, 0.1) is 5.41 Å². The van der Waals surface area contributed by atoms with Crippen molar-refractivity contribution >= 4 is 22.8 Å². The van der Waals surface area contributed by atoms with Crippen LogP contribution in [-0.4, -0.2) is 23.9 Å². The Balaban J connectivity index is 3.64. The number of rotatable bonds is 13. The van der Waals surface area contributed by atoms with Crippen LogP contribution >= 0.6 is 11.8 Å². The minimum atomic E-state index is -1.32. The van der Waals surface area contributed by atoms with Crippen molar-refractivity contribution in [3.8, 4) is 0 Å². The molecule has 0 fully saturated rings. The molecular formula is C18H34O3S. The lowest BCUT2D eigenvalue weighted by molar-refractivity contribution is -0.153. The first-order valence-corrected chi connectivity index (χ1v) is 9.56. The molecule has 0 aliphatic rings. The second-order valence-corrected chi connectivity index (χ2v) is 7.21. The smallest absolute Gasteiger partial charge is 0.319 e. The van der Waals surface area contributed by atoms with Gasteiger partial charge in [-0.1, -0.05) is 76.5 Å². The zero-order valence-electron chi connectivity index (χ0n) is 15.6. The third-order valence-electron chi connectivity index (χ3n) is 3.82. The summed E-state index contributed by atoms with van der Waals surface area (Å²) in [6.45, 7) is 3.48. The van der Waals surface area contributed by atoms with E-state index in [0.29, 0.717) is 0 Å². The molecule has 0 aromatic carbocycles. The summed E-state index contributed by atoms with van der Waals surface area (Å²) in [5.74, 6) is 0.120. The first-order valence-electron chi connectivity index (χ1n) is 9.28. The second-order valence-electron chi connectivity index (χ2n) is 6.14. The summed E-state index contributed by atoms with van der Waals surface area (Å²) in [6, 6.07) is 0. The van der Waals surface area contributed by atoms with Crippen LogP contribution in [0.5, 0.6) is 0 Å². The lowest BCUT2D eigenvalue weighted by Crippen LogP contribution is -2.32. The average Bonchev–Trinajstić information content (AvgIpc) is 2.57. The SMILES string of the molecule is [2H]CC(C)(C(=O)OC)C(=O)SCCCCCCCCCCCC. The number of methoxy groups -OCH3 is 1. The van der Waals surface area contributed by atoms with Crippen molar-refractivity contribution in [2.75, 3.05) is 12.9 Å². The zero-order valence-corrected chi connectivity index (χ0v) is 15.4. The van der Waals surface area contributed by atoms with Crippen LogP contribution in [0.25, 0.3) is 0 Å². The van der Waals surface area contributed by atoms with Gasteiger partial charge in [-0.3, -0.25) is 9.59 Å². The molecule has 0 rings (SSSR count). The lowest BCUT2D eigenvalue weighted by atomic mass is 9.96. The third-order valence-corrected chi connectivity index (χ3v) is 5.02. The van der Waals surface area contributed by atoms with Gasteiger partial charge in [-0.25, -0.2) is 0 Å². The first kappa shape index (κ1) is 19.5. The monoisotopic (exact) mass is 331 g/mol. The molecule has 130 valence electrons. The van der Waals surface area contributed by atoms with Gasteiger partial charge < -0.3 is 4.74 Å². The third kappa shape index (κ3) is 9.50. The number of carbonyl (C=O) groups is 2. The fourth-order valence-electron chi connectivity index (χ4n) is 2.22. The van der Waals surface area contributed by atoms with E-state index in [1.807, 2.05) is 0 Å². The summed E-state index contributed by atoms with van der Waals surface area (Å²) < 4.78 is 12.1. The quantitative estimate of drug-likeness (QED) is 0.259. The molecule has 0 aromatic heterocycles. The fraction of sp³-hybridized carbons (Fsp3) is 0.889. The maximum absolute atomic E-state index is 12.1. The molecule has 22 heavy (non-hydrogen) atoms. The zero-order chi connectivity index (χ0) is 17.6. The molecule has 3 nitrogen and oxygen atoms in total. The van der Waals surface area contributed by atoms with Crippen LogP contribution in [-0.2, 0) is 14.3 Å². The Morgan fingerprint density at radius 1 is 1.00 bits per heavy atom. The Bertz CT molecular complexity index is 336. The fourth-order valence-corrected chi connectivity index (χ4v) is 3.16. The Hall–Kier alpha value is -0.510. The van der Waals surface area contributed by atoms with Crippen molar-refractivity contribution in [1.29, 1.82) is 0 Å². The first-order chi connectivity index (χ1) is 11.0. The molecule has 0 N–H and O–H groups in total. The van der Waals surface area contributed by atoms with Crippen LogP contribution in [0.4, 0.5) is 0 Å². The summed E-state index contributed by atoms with van der Waals surface area (Å²) in [6.07, 6.45) is 12.6. The van der Waals surface area contributed by atoms with Gasteiger partial charge in [0.05, 0.1) is 7.11 Å². The number of ether oxygens (including phenoxy) is 1. The number of unbranched alkanes of at least 4 members (excludes halogenated alkanes) is 9. The largest absolute Gasteiger partial charge is 0.468 e. The second kappa shape index (κ2) is 13.0. The summed E-state index contributed by atoms with van der Waals surface area (Å²) in [4.78, 5) is 23.7. The molecule has 0 aliphatic carbocycles. The molecule has 0 saturated heterocycles. The Kier molecular flexibility index (Phi) is 11.5.